The van der Waals surface area contributed by atoms with Crippen LogP contribution in [0.4, 0.5) is 4.39 Å². The van der Waals surface area contributed by atoms with Crippen LogP contribution in [0.15, 0.2) is 18.2 Å². The lowest BCUT2D eigenvalue weighted by molar-refractivity contribution is 0.368. The van der Waals surface area contributed by atoms with E-state index in [-0.39, 0.29) is 6.04 Å². The summed E-state index contributed by atoms with van der Waals surface area (Å²) in [7, 11) is -3.31. The van der Waals surface area contributed by atoms with Gasteiger partial charge in [0.1, 0.15) is 0 Å². The van der Waals surface area contributed by atoms with Crippen LogP contribution in [0.2, 0.25) is 0 Å². The van der Waals surface area contributed by atoms with Crippen LogP contribution in [0.5, 0.6) is 0 Å². The van der Waals surface area contributed by atoms with E-state index in [0.717, 1.165) is 36.9 Å². The maximum absolute atomic E-state index is 13.2. The van der Waals surface area contributed by atoms with E-state index in [2.05, 4.69) is 14.7 Å². The Kier molecular flexibility index (Phi) is 4.42. The van der Waals surface area contributed by atoms with Crippen LogP contribution in [0.1, 0.15) is 58.1 Å². The molecule has 1 aliphatic rings. The SMILES string of the molecule is CC(C)(C)S(=O)(=O)NC1CCC(c2cc3nc(F)ccc3[nH]2)CC1. The standard InChI is InChI=1S/C17H24FN3O2S/c1-17(2,3)24(22,23)21-12-6-4-11(5-7-12)14-10-15-13(19-14)8-9-16(18)20-15/h8-12,19,21H,4-7H2,1-3H3. The van der Waals surface area contributed by atoms with Gasteiger partial charge >= 0.3 is 0 Å². The van der Waals surface area contributed by atoms with Gasteiger partial charge in [-0.2, -0.15) is 4.39 Å². The summed E-state index contributed by atoms with van der Waals surface area (Å²) >= 11 is 0. The molecule has 2 aromatic rings. The smallest absolute Gasteiger partial charge is 0.216 e. The number of nitrogens with one attached hydrogen (secondary N) is 2. The normalized spacial score (nSPS) is 22.8. The van der Waals surface area contributed by atoms with Crippen molar-refractivity contribution in [2.75, 3.05) is 0 Å². The van der Waals surface area contributed by atoms with E-state index in [1.165, 1.54) is 6.07 Å². The molecule has 7 heteroatoms. The van der Waals surface area contributed by atoms with Gasteiger partial charge in [0.2, 0.25) is 16.0 Å². The first-order valence-corrected chi connectivity index (χ1v) is 9.81. The Morgan fingerprint density at radius 2 is 1.88 bits per heavy atom. The van der Waals surface area contributed by atoms with Crippen molar-refractivity contribution in [3.05, 3.63) is 29.8 Å². The molecular formula is C17H24FN3O2S. The van der Waals surface area contributed by atoms with Crippen molar-refractivity contribution in [1.29, 1.82) is 0 Å². The van der Waals surface area contributed by atoms with Crippen LogP contribution in [0.25, 0.3) is 11.0 Å². The van der Waals surface area contributed by atoms with E-state index in [4.69, 9.17) is 0 Å². The summed E-state index contributed by atoms with van der Waals surface area (Å²) in [6, 6.07) is 4.94. The molecule has 2 heterocycles. The number of halogens is 1. The monoisotopic (exact) mass is 353 g/mol. The number of hydrogen-bond donors (Lipinski definition) is 2. The van der Waals surface area contributed by atoms with Crippen LogP contribution in [0, 0.1) is 5.95 Å². The first kappa shape index (κ1) is 17.4. The van der Waals surface area contributed by atoms with Gasteiger partial charge in [-0.25, -0.2) is 18.1 Å². The highest BCUT2D eigenvalue weighted by molar-refractivity contribution is 7.90. The number of aromatic nitrogens is 2. The Morgan fingerprint density at radius 3 is 2.50 bits per heavy atom. The molecule has 24 heavy (non-hydrogen) atoms. The number of nitrogens with zero attached hydrogens (tertiary/aromatic N) is 1. The Hall–Kier alpha value is -1.47. The van der Waals surface area contributed by atoms with Gasteiger partial charge in [-0.05, 0) is 70.6 Å². The summed E-state index contributed by atoms with van der Waals surface area (Å²) in [6.07, 6.45) is 3.40. The molecular weight excluding hydrogens is 329 g/mol. The average Bonchev–Trinajstić information content (AvgIpc) is 2.89. The Morgan fingerprint density at radius 1 is 1.21 bits per heavy atom. The fraction of sp³-hybridized carbons (Fsp3) is 0.588. The van der Waals surface area contributed by atoms with Crippen LogP contribution < -0.4 is 4.72 Å². The quantitative estimate of drug-likeness (QED) is 0.830. The highest BCUT2D eigenvalue weighted by Crippen LogP contribution is 2.34. The first-order valence-electron chi connectivity index (χ1n) is 8.33. The first-order chi connectivity index (χ1) is 11.2. The molecule has 132 valence electrons. The molecule has 3 rings (SSSR count). The molecule has 0 aliphatic heterocycles. The zero-order valence-electron chi connectivity index (χ0n) is 14.3. The van der Waals surface area contributed by atoms with E-state index >= 15 is 0 Å². The van der Waals surface area contributed by atoms with Crippen molar-refractivity contribution in [2.24, 2.45) is 0 Å². The molecule has 1 saturated carbocycles. The Bertz CT molecular complexity index is 831. The average molecular weight is 353 g/mol. The predicted octanol–water partition coefficient (Wildman–Crippen LogP) is 3.45. The fourth-order valence-corrected chi connectivity index (χ4v) is 4.17. The van der Waals surface area contributed by atoms with Gasteiger partial charge < -0.3 is 4.98 Å². The number of rotatable bonds is 3. The molecule has 0 spiro atoms. The van der Waals surface area contributed by atoms with Crippen LogP contribution in [-0.2, 0) is 10.0 Å². The summed E-state index contributed by atoms with van der Waals surface area (Å²) in [5.74, 6) is -0.147. The molecule has 5 nitrogen and oxygen atoms in total. The third kappa shape index (κ3) is 3.47. The van der Waals surface area contributed by atoms with Crippen molar-refractivity contribution in [1.82, 2.24) is 14.7 Å². The van der Waals surface area contributed by atoms with Crippen LogP contribution in [0.3, 0.4) is 0 Å². The molecule has 0 unspecified atom stereocenters. The van der Waals surface area contributed by atoms with E-state index in [1.807, 2.05) is 6.07 Å². The van der Waals surface area contributed by atoms with E-state index in [0.29, 0.717) is 11.4 Å². The second-order valence-corrected chi connectivity index (χ2v) is 10.0. The van der Waals surface area contributed by atoms with Crippen molar-refractivity contribution in [3.63, 3.8) is 0 Å². The Labute approximate surface area is 142 Å². The number of fused-ring (bicyclic) bond motifs is 1. The third-order valence-corrected chi connectivity index (χ3v) is 7.01. The summed E-state index contributed by atoms with van der Waals surface area (Å²) < 4.78 is 39.8. The van der Waals surface area contributed by atoms with E-state index < -0.39 is 20.7 Å². The largest absolute Gasteiger partial charge is 0.357 e. The number of H-pyrrole nitrogens is 1. The van der Waals surface area contributed by atoms with E-state index in [9.17, 15) is 12.8 Å². The molecule has 1 aliphatic carbocycles. The molecule has 0 radical (unpaired) electrons. The van der Waals surface area contributed by atoms with Crippen molar-refractivity contribution < 1.29 is 12.8 Å². The molecule has 0 amide bonds. The molecule has 0 atom stereocenters. The number of sulfonamides is 1. The summed E-state index contributed by atoms with van der Waals surface area (Å²) in [4.78, 5) is 7.20. The number of aromatic amines is 1. The minimum atomic E-state index is -3.31. The summed E-state index contributed by atoms with van der Waals surface area (Å²) in [5, 5.41) is 0. The summed E-state index contributed by atoms with van der Waals surface area (Å²) in [5.41, 5.74) is 2.53. The highest BCUT2D eigenvalue weighted by atomic mass is 32.2. The lowest BCUT2D eigenvalue weighted by Crippen LogP contribution is -2.45. The lowest BCUT2D eigenvalue weighted by Gasteiger charge is -2.31. The summed E-state index contributed by atoms with van der Waals surface area (Å²) in [6.45, 7) is 5.12. The molecule has 0 bridgehead atoms. The maximum Gasteiger partial charge on any atom is 0.216 e. The second kappa shape index (κ2) is 6.11. The van der Waals surface area contributed by atoms with Crippen molar-refractivity contribution >= 4 is 21.1 Å². The minimum Gasteiger partial charge on any atom is -0.357 e. The van der Waals surface area contributed by atoms with Crippen LogP contribution >= 0.6 is 0 Å². The van der Waals surface area contributed by atoms with Gasteiger partial charge in [0.25, 0.3) is 0 Å². The molecule has 1 fully saturated rings. The number of pyridine rings is 1. The minimum absolute atomic E-state index is 0.00887. The van der Waals surface area contributed by atoms with Crippen LogP contribution in [-0.4, -0.2) is 29.2 Å². The fourth-order valence-electron chi connectivity index (χ4n) is 3.14. The maximum atomic E-state index is 13.2. The zero-order valence-corrected chi connectivity index (χ0v) is 15.1. The van der Waals surface area contributed by atoms with Crippen molar-refractivity contribution in [3.8, 4) is 0 Å². The zero-order chi connectivity index (χ0) is 17.5. The third-order valence-electron chi connectivity index (χ3n) is 4.76. The highest BCUT2D eigenvalue weighted by Gasteiger charge is 2.33. The van der Waals surface area contributed by atoms with Gasteiger partial charge in [-0.15, -0.1) is 0 Å². The lowest BCUT2D eigenvalue weighted by atomic mass is 9.84. The molecule has 2 N–H and O–H groups in total. The second-order valence-electron chi connectivity index (χ2n) is 7.57. The molecule has 0 aromatic carbocycles. The van der Waals surface area contributed by atoms with Crippen molar-refractivity contribution in [2.45, 2.75) is 63.2 Å². The predicted molar refractivity (Wildman–Crippen MR) is 92.9 cm³/mol. The van der Waals surface area contributed by atoms with Gasteiger partial charge in [0.15, 0.2) is 0 Å². The topological polar surface area (TPSA) is 74.8 Å². The van der Waals surface area contributed by atoms with E-state index in [1.54, 1.807) is 26.8 Å². The Balaban J connectivity index is 1.66. The molecule has 2 aromatic heterocycles. The molecule has 0 saturated heterocycles. The van der Waals surface area contributed by atoms with Gasteiger partial charge in [0.05, 0.1) is 15.8 Å². The van der Waals surface area contributed by atoms with Gasteiger partial charge in [0, 0.05) is 11.7 Å². The van der Waals surface area contributed by atoms with Gasteiger partial charge in [-0.3, -0.25) is 0 Å². The number of hydrogen-bond acceptors (Lipinski definition) is 3. The van der Waals surface area contributed by atoms with Gasteiger partial charge in [-0.1, -0.05) is 0 Å².